The number of carboxylic acids is 1. The largest absolute Gasteiger partial charge is 0.480 e. The molecule has 5 heteroatoms. The number of aliphatic hydroxyl groups is 1. The molecule has 0 aromatic carbocycles. The van der Waals surface area contributed by atoms with Gasteiger partial charge in [0.25, 0.3) is 0 Å². The Hall–Kier alpha value is -1.10. The lowest BCUT2D eigenvalue weighted by molar-refractivity contribution is -0.163. The summed E-state index contributed by atoms with van der Waals surface area (Å²) in [5.41, 5.74) is -0.313. The second kappa shape index (κ2) is 4.45. The van der Waals surface area contributed by atoms with Crippen molar-refractivity contribution in [2.75, 3.05) is 6.54 Å². The van der Waals surface area contributed by atoms with E-state index in [9.17, 15) is 19.8 Å². The highest BCUT2D eigenvalue weighted by molar-refractivity contribution is 5.88. The van der Waals surface area contributed by atoms with Crippen LogP contribution in [0.2, 0.25) is 0 Å². The smallest absolute Gasteiger partial charge is 0.326 e. The number of hydrogen-bond donors (Lipinski definition) is 2. The number of aliphatic carboxylic acids is 1. The molecule has 5 rings (SSSR count). The predicted octanol–water partition coefficient (Wildman–Crippen LogP) is 1.25. The zero-order valence-electron chi connectivity index (χ0n) is 12.2. The third-order valence-corrected chi connectivity index (χ3v) is 6.32. The predicted molar refractivity (Wildman–Crippen MR) is 74.4 cm³/mol. The number of aliphatic hydroxyl groups excluding tert-OH is 1. The molecular weight excluding hydrogens is 270 g/mol. The minimum atomic E-state index is -0.982. The summed E-state index contributed by atoms with van der Waals surface area (Å²) in [5, 5.41) is 19.1. The number of nitrogens with zero attached hydrogens (tertiary/aromatic N) is 1. The van der Waals surface area contributed by atoms with Crippen LogP contribution in [0.15, 0.2) is 0 Å². The average Bonchev–Trinajstić information content (AvgIpc) is 2.78. The molecule has 1 amide bonds. The summed E-state index contributed by atoms with van der Waals surface area (Å²) in [5.74, 6) is 1.03. The fraction of sp³-hybridized carbons (Fsp3) is 0.875. The van der Waals surface area contributed by atoms with Crippen LogP contribution in [0, 0.1) is 23.2 Å². The molecule has 4 bridgehead atoms. The Morgan fingerprint density at radius 3 is 1.95 bits per heavy atom. The summed E-state index contributed by atoms with van der Waals surface area (Å²) in [4.78, 5) is 26.0. The molecule has 0 spiro atoms. The minimum absolute atomic E-state index is 0.0190. The van der Waals surface area contributed by atoms with E-state index >= 15 is 0 Å². The van der Waals surface area contributed by atoms with E-state index in [2.05, 4.69) is 0 Å². The molecule has 1 heterocycles. The van der Waals surface area contributed by atoms with Gasteiger partial charge in [0.1, 0.15) is 6.04 Å². The third-order valence-electron chi connectivity index (χ3n) is 6.32. The standard InChI is InChI=1S/C16H23NO4/c18-12-4-13(14(19)20)17(8-12)15(21)16-5-9-1-10(6-16)3-11(2-9)7-16/h9-13,18H,1-8H2,(H,19,20)/t9?,10?,11?,12-,13+,16?/m0/s1. The number of β-amino-alcohol motifs (C(OH)–C–C–N with tert-alkyl or cyclic N) is 1. The van der Waals surface area contributed by atoms with Gasteiger partial charge in [0.2, 0.25) is 5.91 Å². The van der Waals surface area contributed by atoms with Crippen LogP contribution in [0.1, 0.15) is 44.9 Å². The molecule has 21 heavy (non-hydrogen) atoms. The Kier molecular flexibility index (Phi) is 2.87. The first-order valence-corrected chi connectivity index (χ1v) is 8.19. The molecule has 2 atom stereocenters. The van der Waals surface area contributed by atoms with Crippen molar-refractivity contribution in [3.8, 4) is 0 Å². The van der Waals surface area contributed by atoms with E-state index in [1.807, 2.05) is 0 Å². The summed E-state index contributed by atoms with van der Waals surface area (Å²) in [6, 6.07) is -0.833. The Morgan fingerprint density at radius 1 is 0.952 bits per heavy atom. The monoisotopic (exact) mass is 293 g/mol. The van der Waals surface area contributed by atoms with Crippen molar-refractivity contribution in [3.05, 3.63) is 0 Å². The van der Waals surface area contributed by atoms with Crippen LogP contribution < -0.4 is 0 Å². The molecule has 116 valence electrons. The van der Waals surface area contributed by atoms with Crippen LogP contribution in [0.4, 0.5) is 0 Å². The second-order valence-electron chi connectivity index (χ2n) is 7.90. The number of carboxylic acid groups (broad SMARTS) is 1. The lowest BCUT2D eigenvalue weighted by Gasteiger charge is -2.56. The Morgan fingerprint density at radius 2 is 1.48 bits per heavy atom. The second-order valence-corrected chi connectivity index (χ2v) is 7.90. The molecule has 5 aliphatic rings. The van der Waals surface area contributed by atoms with Crippen LogP contribution in [0.5, 0.6) is 0 Å². The van der Waals surface area contributed by atoms with E-state index in [0.29, 0.717) is 17.8 Å². The fourth-order valence-electron chi connectivity index (χ4n) is 5.95. The number of hydrogen-bond acceptors (Lipinski definition) is 3. The maximum absolute atomic E-state index is 13.1. The van der Waals surface area contributed by atoms with Gasteiger partial charge in [0.15, 0.2) is 0 Å². The average molecular weight is 293 g/mol. The van der Waals surface area contributed by atoms with Gasteiger partial charge < -0.3 is 15.1 Å². The number of carbonyl (C=O) groups excluding carboxylic acids is 1. The summed E-state index contributed by atoms with van der Waals surface area (Å²) in [7, 11) is 0. The first kappa shape index (κ1) is 13.6. The highest BCUT2D eigenvalue weighted by Gasteiger charge is 2.57. The normalized spacial score (nSPS) is 47.9. The molecule has 0 aromatic rings. The first-order valence-electron chi connectivity index (χ1n) is 8.19. The molecule has 1 aliphatic heterocycles. The Labute approximate surface area is 124 Å². The summed E-state index contributed by atoms with van der Waals surface area (Å²) in [6.45, 7) is 0.192. The van der Waals surface area contributed by atoms with Crippen molar-refractivity contribution < 1.29 is 19.8 Å². The molecule has 1 saturated heterocycles. The fourth-order valence-corrected chi connectivity index (χ4v) is 5.95. The van der Waals surface area contributed by atoms with Gasteiger partial charge in [-0.3, -0.25) is 4.79 Å². The van der Waals surface area contributed by atoms with Gasteiger partial charge in [-0.1, -0.05) is 0 Å². The van der Waals surface area contributed by atoms with Gasteiger partial charge in [-0.05, 0) is 56.3 Å². The van der Waals surface area contributed by atoms with E-state index in [4.69, 9.17) is 0 Å². The van der Waals surface area contributed by atoms with Gasteiger partial charge in [-0.15, -0.1) is 0 Å². The zero-order valence-corrected chi connectivity index (χ0v) is 12.2. The van der Waals surface area contributed by atoms with Crippen LogP contribution in [0.3, 0.4) is 0 Å². The van der Waals surface area contributed by atoms with Gasteiger partial charge in [0, 0.05) is 13.0 Å². The van der Waals surface area contributed by atoms with E-state index in [0.717, 1.165) is 19.3 Å². The zero-order chi connectivity index (χ0) is 14.8. The first-order chi connectivity index (χ1) is 9.97. The summed E-state index contributed by atoms with van der Waals surface area (Å²) in [6.07, 6.45) is 6.09. The number of likely N-dealkylation sites (tertiary alicyclic amines) is 1. The highest BCUT2D eigenvalue weighted by atomic mass is 16.4. The highest BCUT2D eigenvalue weighted by Crippen LogP contribution is 2.60. The SMILES string of the molecule is O=C(O)[C@H]1C[C@H](O)CN1C(=O)C12CC3CC(CC(C3)C1)C2. The Bertz CT molecular complexity index is 453. The maximum Gasteiger partial charge on any atom is 0.326 e. The molecular formula is C16H23NO4. The van der Waals surface area contributed by atoms with E-state index in [-0.39, 0.29) is 24.3 Å². The molecule has 0 aromatic heterocycles. The minimum Gasteiger partial charge on any atom is -0.480 e. The number of rotatable bonds is 2. The molecule has 4 saturated carbocycles. The molecule has 2 N–H and O–H groups in total. The molecule has 4 aliphatic carbocycles. The molecule has 0 radical (unpaired) electrons. The quantitative estimate of drug-likeness (QED) is 0.803. The van der Waals surface area contributed by atoms with Crippen LogP contribution in [-0.4, -0.2) is 45.7 Å². The maximum atomic E-state index is 13.1. The Balaban J connectivity index is 1.61. The van der Waals surface area contributed by atoms with Crippen molar-refractivity contribution in [2.45, 2.75) is 57.1 Å². The third kappa shape index (κ3) is 2.00. The lowest BCUT2D eigenvalue weighted by Crippen LogP contribution is -2.56. The molecule has 5 fully saturated rings. The van der Waals surface area contributed by atoms with Crippen LogP contribution >= 0.6 is 0 Å². The van der Waals surface area contributed by atoms with Crippen molar-refractivity contribution >= 4 is 11.9 Å². The van der Waals surface area contributed by atoms with Crippen molar-refractivity contribution in [2.24, 2.45) is 23.2 Å². The van der Waals surface area contributed by atoms with E-state index < -0.39 is 18.1 Å². The number of carbonyl (C=O) groups is 2. The lowest BCUT2D eigenvalue weighted by atomic mass is 9.49. The van der Waals surface area contributed by atoms with Gasteiger partial charge >= 0.3 is 5.97 Å². The van der Waals surface area contributed by atoms with Crippen LogP contribution in [-0.2, 0) is 9.59 Å². The summed E-state index contributed by atoms with van der Waals surface area (Å²) < 4.78 is 0. The van der Waals surface area contributed by atoms with E-state index in [1.54, 1.807) is 0 Å². The van der Waals surface area contributed by atoms with Gasteiger partial charge in [-0.2, -0.15) is 0 Å². The topological polar surface area (TPSA) is 77.8 Å². The van der Waals surface area contributed by atoms with Crippen molar-refractivity contribution in [3.63, 3.8) is 0 Å². The van der Waals surface area contributed by atoms with Gasteiger partial charge in [-0.25, -0.2) is 4.79 Å². The van der Waals surface area contributed by atoms with Crippen molar-refractivity contribution in [1.82, 2.24) is 4.90 Å². The van der Waals surface area contributed by atoms with Crippen LogP contribution in [0.25, 0.3) is 0 Å². The van der Waals surface area contributed by atoms with Gasteiger partial charge in [0.05, 0.1) is 11.5 Å². The van der Waals surface area contributed by atoms with Crippen molar-refractivity contribution in [1.29, 1.82) is 0 Å². The van der Waals surface area contributed by atoms with E-state index in [1.165, 1.54) is 24.2 Å². The molecule has 0 unspecified atom stereocenters. The summed E-state index contributed by atoms with van der Waals surface area (Å²) >= 11 is 0. The molecule has 5 nitrogen and oxygen atoms in total. The number of amides is 1.